The molecule has 1 aromatic carbocycles. The molecular formula is C12H13F2NO2S. The molecule has 0 aliphatic rings. The Kier molecular flexibility index (Phi) is 4.75. The molecule has 0 aromatic heterocycles. The summed E-state index contributed by atoms with van der Waals surface area (Å²) in [5.74, 6) is -2.29. The van der Waals surface area contributed by atoms with E-state index in [0.717, 1.165) is 16.4 Å². The van der Waals surface area contributed by atoms with Crippen molar-refractivity contribution < 1.29 is 17.2 Å². The second-order valence-electron chi connectivity index (χ2n) is 3.48. The average Bonchev–Trinajstić information content (AvgIpc) is 2.32. The van der Waals surface area contributed by atoms with Crippen LogP contribution >= 0.6 is 0 Å². The Bertz CT molecular complexity index is 545. The van der Waals surface area contributed by atoms with E-state index in [1.807, 2.05) is 0 Å². The standard InChI is InChI=1S/C12H13F2NO2S/c1-3-7-15(8-4-2)18(16,17)10-5-6-11(13)12(14)9-10/h3-6,9H,1-2,7-8H2. The minimum atomic E-state index is -3.88. The molecular weight excluding hydrogens is 260 g/mol. The molecule has 0 unspecified atom stereocenters. The largest absolute Gasteiger partial charge is 0.243 e. The Balaban J connectivity index is 3.21. The molecule has 0 saturated carbocycles. The molecule has 0 atom stereocenters. The molecule has 6 heteroatoms. The van der Waals surface area contributed by atoms with Gasteiger partial charge in [0.05, 0.1) is 4.90 Å². The molecule has 18 heavy (non-hydrogen) atoms. The molecule has 0 saturated heterocycles. The van der Waals surface area contributed by atoms with Crippen molar-refractivity contribution in [2.24, 2.45) is 0 Å². The zero-order valence-electron chi connectivity index (χ0n) is 9.64. The Morgan fingerprint density at radius 1 is 1.11 bits per heavy atom. The van der Waals surface area contributed by atoms with Crippen molar-refractivity contribution in [3.05, 3.63) is 55.1 Å². The summed E-state index contributed by atoms with van der Waals surface area (Å²) < 4.78 is 51.1. The van der Waals surface area contributed by atoms with E-state index in [1.54, 1.807) is 0 Å². The minimum Gasteiger partial charge on any atom is -0.207 e. The zero-order valence-corrected chi connectivity index (χ0v) is 10.5. The van der Waals surface area contributed by atoms with Crippen LogP contribution in [0.2, 0.25) is 0 Å². The maximum Gasteiger partial charge on any atom is 0.243 e. The fourth-order valence-corrected chi connectivity index (χ4v) is 2.74. The quantitative estimate of drug-likeness (QED) is 0.746. The first-order chi connectivity index (χ1) is 8.43. The van der Waals surface area contributed by atoms with Crippen molar-refractivity contribution in [2.75, 3.05) is 13.1 Å². The van der Waals surface area contributed by atoms with Crippen LogP contribution in [-0.2, 0) is 10.0 Å². The van der Waals surface area contributed by atoms with E-state index < -0.39 is 21.7 Å². The van der Waals surface area contributed by atoms with Crippen LogP contribution < -0.4 is 0 Å². The third-order valence-corrected chi connectivity index (χ3v) is 4.02. The summed E-state index contributed by atoms with van der Waals surface area (Å²) in [5.41, 5.74) is 0. The number of nitrogens with zero attached hydrogens (tertiary/aromatic N) is 1. The molecule has 0 aliphatic heterocycles. The maximum atomic E-state index is 13.0. The van der Waals surface area contributed by atoms with Crippen molar-refractivity contribution in [1.29, 1.82) is 0 Å². The van der Waals surface area contributed by atoms with Crippen LogP contribution in [0.15, 0.2) is 48.4 Å². The summed E-state index contributed by atoms with van der Waals surface area (Å²) in [6.07, 6.45) is 2.81. The van der Waals surface area contributed by atoms with Gasteiger partial charge in [-0.15, -0.1) is 13.2 Å². The normalized spacial score (nSPS) is 11.5. The van der Waals surface area contributed by atoms with Gasteiger partial charge in [-0.2, -0.15) is 4.31 Å². The molecule has 0 spiro atoms. The van der Waals surface area contributed by atoms with E-state index in [-0.39, 0.29) is 18.0 Å². The maximum absolute atomic E-state index is 13.0. The summed E-state index contributed by atoms with van der Waals surface area (Å²) in [7, 11) is -3.88. The second-order valence-corrected chi connectivity index (χ2v) is 5.41. The molecule has 3 nitrogen and oxygen atoms in total. The highest BCUT2D eigenvalue weighted by Gasteiger charge is 2.23. The minimum absolute atomic E-state index is 0.0628. The van der Waals surface area contributed by atoms with Crippen LogP contribution in [0.3, 0.4) is 0 Å². The van der Waals surface area contributed by atoms with E-state index in [1.165, 1.54) is 12.2 Å². The molecule has 0 amide bonds. The summed E-state index contributed by atoms with van der Waals surface area (Å²) >= 11 is 0. The lowest BCUT2D eigenvalue weighted by molar-refractivity contribution is 0.470. The fourth-order valence-electron chi connectivity index (χ4n) is 1.35. The van der Waals surface area contributed by atoms with Crippen molar-refractivity contribution in [2.45, 2.75) is 4.90 Å². The molecule has 1 rings (SSSR count). The van der Waals surface area contributed by atoms with Crippen LogP contribution in [0.1, 0.15) is 0 Å². The number of hydrogen-bond acceptors (Lipinski definition) is 2. The molecule has 0 aliphatic carbocycles. The number of sulfonamides is 1. The van der Waals surface area contributed by atoms with E-state index in [2.05, 4.69) is 13.2 Å². The summed E-state index contributed by atoms with van der Waals surface area (Å²) in [6.45, 7) is 7.02. The van der Waals surface area contributed by atoms with E-state index in [0.29, 0.717) is 6.07 Å². The average molecular weight is 273 g/mol. The van der Waals surface area contributed by atoms with Gasteiger partial charge in [-0.3, -0.25) is 0 Å². The number of halogens is 2. The van der Waals surface area contributed by atoms with Gasteiger partial charge in [0, 0.05) is 13.1 Å². The first-order valence-corrected chi connectivity index (χ1v) is 6.54. The first-order valence-electron chi connectivity index (χ1n) is 5.10. The van der Waals surface area contributed by atoms with Crippen LogP contribution in [-0.4, -0.2) is 25.8 Å². The van der Waals surface area contributed by atoms with E-state index in [9.17, 15) is 17.2 Å². The van der Waals surface area contributed by atoms with Gasteiger partial charge in [0.25, 0.3) is 0 Å². The molecule has 0 N–H and O–H groups in total. The number of rotatable bonds is 6. The lowest BCUT2D eigenvalue weighted by Crippen LogP contribution is -2.31. The van der Waals surface area contributed by atoms with Gasteiger partial charge in [-0.05, 0) is 18.2 Å². The molecule has 1 aromatic rings. The van der Waals surface area contributed by atoms with E-state index in [4.69, 9.17) is 0 Å². The van der Waals surface area contributed by atoms with Crippen LogP contribution in [0.4, 0.5) is 8.78 Å². The van der Waals surface area contributed by atoms with Crippen molar-refractivity contribution in [3.63, 3.8) is 0 Å². The Hall–Kier alpha value is -1.53. The molecule has 0 bridgehead atoms. The number of hydrogen-bond donors (Lipinski definition) is 0. The Morgan fingerprint density at radius 3 is 2.11 bits per heavy atom. The summed E-state index contributed by atoms with van der Waals surface area (Å²) in [4.78, 5) is -0.301. The summed E-state index contributed by atoms with van der Waals surface area (Å²) in [5, 5.41) is 0. The predicted octanol–water partition coefficient (Wildman–Crippen LogP) is 2.33. The van der Waals surface area contributed by atoms with Crippen LogP contribution in [0, 0.1) is 11.6 Å². The van der Waals surface area contributed by atoms with Crippen LogP contribution in [0.5, 0.6) is 0 Å². The lowest BCUT2D eigenvalue weighted by Gasteiger charge is -2.18. The molecule has 98 valence electrons. The Labute approximate surface area is 105 Å². The van der Waals surface area contributed by atoms with Gasteiger partial charge in [0.2, 0.25) is 10.0 Å². The molecule has 0 fully saturated rings. The highest BCUT2D eigenvalue weighted by atomic mass is 32.2. The molecule has 0 radical (unpaired) electrons. The monoisotopic (exact) mass is 273 g/mol. The van der Waals surface area contributed by atoms with E-state index >= 15 is 0 Å². The SMILES string of the molecule is C=CCN(CC=C)S(=O)(=O)c1ccc(F)c(F)c1. The van der Waals surface area contributed by atoms with Gasteiger partial charge in [-0.1, -0.05) is 12.2 Å². The fraction of sp³-hybridized carbons (Fsp3) is 0.167. The lowest BCUT2D eigenvalue weighted by atomic mass is 10.3. The number of benzene rings is 1. The Morgan fingerprint density at radius 2 is 1.67 bits per heavy atom. The van der Waals surface area contributed by atoms with Crippen molar-refractivity contribution >= 4 is 10.0 Å². The third kappa shape index (κ3) is 3.02. The first kappa shape index (κ1) is 14.5. The topological polar surface area (TPSA) is 37.4 Å². The van der Waals surface area contributed by atoms with Crippen molar-refractivity contribution in [3.8, 4) is 0 Å². The van der Waals surface area contributed by atoms with Crippen molar-refractivity contribution in [1.82, 2.24) is 4.31 Å². The second kappa shape index (κ2) is 5.88. The highest BCUT2D eigenvalue weighted by molar-refractivity contribution is 7.89. The van der Waals surface area contributed by atoms with Gasteiger partial charge in [0.15, 0.2) is 11.6 Å². The third-order valence-electron chi connectivity index (χ3n) is 2.19. The zero-order chi connectivity index (χ0) is 13.8. The highest BCUT2D eigenvalue weighted by Crippen LogP contribution is 2.18. The molecule has 0 heterocycles. The smallest absolute Gasteiger partial charge is 0.207 e. The van der Waals surface area contributed by atoms with Gasteiger partial charge < -0.3 is 0 Å². The summed E-state index contributed by atoms with van der Waals surface area (Å²) in [6, 6.07) is 2.46. The van der Waals surface area contributed by atoms with Gasteiger partial charge in [-0.25, -0.2) is 17.2 Å². The van der Waals surface area contributed by atoms with Crippen LogP contribution in [0.25, 0.3) is 0 Å². The predicted molar refractivity (Wildman–Crippen MR) is 65.5 cm³/mol. The van der Waals surface area contributed by atoms with Gasteiger partial charge in [0.1, 0.15) is 0 Å². The van der Waals surface area contributed by atoms with Gasteiger partial charge >= 0.3 is 0 Å².